The predicted molar refractivity (Wildman–Crippen MR) is 148 cm³/mol. The van der Waals surface area contributed by atoms with Crippen molar-refractivity contribution in [3.63, 3.8) is 0 Å². The lowest BCUT2D eigenvalue weighted by molar-refractivity contribution is -0.480. The van der Waals surface area contributed by atoms with Gasteiger partial charge in [0.25, 0.3) is 0 Å². The van der Waals surface area contributed by atoms with Crippen LogP contribution in [-0.2, 0) is 9.47 Å². The van der Waals surface area contributed by atoms with Gasteiger partial charge in [-0.3, -0.25) is 20.2 Å². The van der Waals surface area contributed by atoms with Gasteiger partial charge < -0.3 is 18.9 Å². The summed E-state index contributed by atoms with van der Waals surface area (Å²) in [4.78, 5) is 25.7. The summed E-state index contributed by atoms with van der Waals surface area (Å²) in [6.45, 7) is 2.41. The van der Waals surface area contributed by atoms with Crippen LogP contribution < -0.4 is 20.1 Å². The average molecular weight is 539 g/mol. The molecule has 0 saturated heterocycles. The molecule has 0 bridgehead atoms. The van der Waals surface area contributed by atoms with E-state index in [1.54, 1.807) is 12.1 Å². The Kier molecular flexibility index (Phi) is 7.65. The van der Waals surface area contributed by atoms with Crippen LogP contribution in [0.1, 0.15) is 31.8 Å². The van der Waals surface area contributed by atoms with Crippen molar-refractivity contribution < 1.29 is 39.2 Å². The molecule has 0 radical (unpaired) electrons. The average Bonchev–Trinajstić information content (AvgIpc) is 2.99. The molecule has 2 aliphatic rings. The van der Waals surface area contributed by atoms with E-state index < -0.39 is 0 Å². The Hall–Kier alpha value is -4.34. The smallest absolute Gasteiger partial charge is 0.205 e. The maximum atomic E-state index is 12.8. The van der Waals surface area contributed by atoms with Crippen molar-refractivity contribution in [1.82, 2.24) is 0 Å². The number of hydrogen-bond donors (Lipinski definition) is 2. The summed E-state index contributed by atoms with van der Waals surface area (Å²) in [6.07, 6.45) is 0. The Morgan fingerprint density at radius 1 is 0.450 bits per heavy atom. The van der Waals surface area contributed by atoms with Crippen molar-refractivity contribution in [2.45, 2.75) is 0 Å². The van der Waals surface area contributed by atoms with Crippen LogP contribution in [0, 0.1) is 0 Å². The summed E-state index contributed by atoms with van der Waals surface area (Å²) in [5, 5.41) is 4.05. The van der Waals surface area contributed by atoms with E-state index in [0.717, 1.165) is 22.7 Å². The van der Waals surface area contributed by atoms with Gasteiger partial charge in [-0.2, -0.15) is 0 Å². The highest BCUT2D eigenvalue weighted by Crippen LogP contribution is 2.29. The molecule has 0 atom stereocenters. The second kappa shape index (κ2) is 11.8. The number of quaternary nitrogens is 2. The normalized spacial score (nSPS) is 13.2. The summed E-state index contributed by atoms with van der Waals surface area (Å²) in [7, 11) is 0. The quantitative estimate of drug-likeness (QED) is 0.194. The lowest BCUT2D eigenvalue weighted by Crippen LogP contribution is -2.73. The first-order valence-corrected chi connectivity index (χ1v) is 13.3. The Balaban J connectivity index is 0.867. The van der Waals surface area contributed by atoms with Crippen LogP contribution in [0.2, 0.25) is 0 Å². The van der Waals surface area contributed by atoms with Gasteiger partial charge in [0.2, 0.25) is 11.6 Å². The van der Waals surface area contributed by atoms with Crippen molar-refractivity contribution in [3.05, 3.63) is 107 Å². The van der Waals surface area contributed by atoms with E-state index in [9.17, 15) is 9.59 Å². The third-order valence-corrected chi connectivity index (χ3v) is 6.94. The van der Waals surface area contributed by atoms with Crippen molar-refractivity contribution >= 4 is 34.3 Å². The van der Waals surface area contributed by atoms with Crippen molar-refractivity contribution in [2.75, 3.05) is 39.6 Å². The highest BCUT2D eigenvalue weighted by molar-refractivity contribution is 6.15. The lowest BCUT2D eigenvalue weighted by Gasteiger charge is -2.16. The molecule has 8 heteroatoms. The molecule has 4 aromatic carbocycles. The van der Waals surface area contributed by atoms with Crippen LogP contribution in [0.25, 0.3) is 0 Å². The fourth-order valence-electron chi connectivity index (χ4n) is 4.94. The summed E-state index contributed by atoms with van der Waals surface area (Å²) in [5.74, 6) is 1.31. The monoisotopic (exact) mass is 538 g/mol. The number of ketones is 2. The van der Waals surface area contributed by atoms with E-state index in [0.29, 0.717) is 73.4 Å². The highest BCUT2D eigenvalue weighted by Gasteiger charge is 2.28. The topological polar surface area (TPSA) is 104 Å². The summed E-state index contributed by atoms with van der Waals surface area (Å²) in [6, 6.07) is 26.4. The van der Waals surface area contributed by atoms with Gasteiger partial charge in [0.1, 0.15) is 47.5 Å². The number of nitrogens with two attached hydrogens (primary N) is 2. The van der Waals surface area contributed by atoms with Gasteiger partial charge in [-0.05, 0) is 36.4 Å². The zero-order valence-electron chi connectivity index (χ0n) is 21.9. The molecule has 40 heavy (non-hydrogen) atoms. The molecule has 2 heterocycles. The van der Waals surface area contributed by atoms with Crippen molar-refractivity contribution in [1.29, 1.82) is 0 Å². The van der Waals surface area contributed by atoms with Gasteiger partial charge in [-0.1, -0.05) is 24.3 Å². The first-order chi connectivity index (χ1) is 19.7. The molecule has 0 spiro atoms. The SMILES string of the molecule is O=C1c2ccccc2[NH2+]c2ccc(OCCOCCOCCOc3ccc4c(c3)C(=O)c3ccccc3[NH2+]4)cc21. The summed E-state index contributed by atoms with van der Waals surface area (Å²) < 4.78 is 22.8. The fourth-order valence-corrected chi connectivity index (χ4v) is 4.94. The molecule has 2 aliphatic heterocycles. The minimum absolute atomic E-state index is 0.0142. The van der Waals surface area contributed by atoms with Crippen LogP contribution in [0.4, 0.5) is 22.7 Å². The minimum atomic E-state index is 0.0142. The maximum absolute atomic E-state index is 12.8. The Morgan fingerprint density at radius 2 is 0.850 bits per heavy atom. The van der Waals surface area contributed by atoms with Crippen LogP contribution in [0.15, 0.2) is 84.9 Å². The number of carbonyl (C=O) groups is 2. The van der Waals surface area contributed by atoms with E-state index in [1.165, 1.54) is 0 Å². The second-order valence-corrected chi connectivity index (χ2v) is 9.54. The summed E-state index contributed by atoms with van der Waals surface area (Å²) in [5.41, 5.74) is 6.41. The van der Waals surface area contributed by atoms with Gasteiger partial charge in [-0.25, -0.2) is 0 Å². The molecular weight excluding hydrogens is 508 g/mol. The van der Waals surface area contributed by atoms with Gasteiger partial charge in [0, 0.05) is 24.3 Å². The molecule has 8 nitrogen and oxygen atoms in total. The zero-order valence-corrected chi connectivity index (χ0v) is 21.9. The van der Waals surface area contributed by atoms with Crippen LogP contribution in [-0.4, -0.2) is 51.2 Å². The zero-order chi connectivity index (χ0) is 27.3. The molecule has 0 aliphatic carbocycles. The molecule has 6 rings (SSSR count). The highest BCUT2D eigenvalue weighted by atomic mass is 16.6. The molecule has 202 valence electrons. The molecule has 0 amide bonds. The molecule has 0 aromatic heterocycles. The molecule has 0 fully saturated rings. The number of fused-ring (bicyclic) bond motifs is 4. The summed E-state index contributed by atoms with van der Waals surface area (Å²) >= 11 is 0. The number of carbonyl (C=O) groups excluding carboxylic acids is 2. The Morgan fingerprint density at radius 3 is 1.32 bits per heavy atom. The first-order valence-electron chi connectivity index (χ1n) is 13.3. The second-order valence-electron chi connectivity index (χ2n) is 9.54. The third-order valence-electron chi connectivity index (χ3n) is 6.94. The molecule has 0 saturated carbocycles. The van der Waals surface area contributed by atoms with Gasteiger partial charge in [0.15, 0.2) is 0 Å². The molecule has 0 unspecified atom stereocenters. The largest absolute Gasteiger partial charge is 0.491 e. The maximum Gasteiger partial charge on any atom is 0.205 e. The molecule has 4 N–H and O–H groups in total. The van der Waals surface area contributed by atoms with Crippen molar-refractivity contribution in [3.8, 4) is 11.5 Å². The van der Waals surface area contributed by atoms with Gasteiger partial charge in [0.05, 0.1) is 48.7 Å². The third kappa shape index (κ3) is 5.52. The van der Waals surface area contributed by atoms with Crippen LogP contribution in [0.3, 0.4) is 0 Å². The predicted octanol–water partition coefficient (Wildman–Crippen LogP) is 3.32. The van der Waals surface area contributed by atoms with Crippen molar-refractivity contribution in [2.24, 2.45) is 0 Å². The van der Waals surface area contributed by atoms with Gasteiger partial charge >= 0.3 is 0 Å². The fraction of sp³-hybridized carbons (Fsp3) is 0.188. The van der Waals surface area contributed by atoms with E-state index in [1.807, 2.05) is 83.4 Å². The molecule has 4 aromatic rings. The standard InChI is InChI=1S/C32H28N2O6/c35-31-23-5-1-3-7-27(23)33-29-11-9-21(19-25(29)31)39-17-15-37-13-14-38-16-18-40-22-10-12-30-26(20-22)32(36)24-6-2-4-8-28(24)34-30/h1-12,19-20H,13-18H2,(H,33,35)(H,34,36)/p+2. The van der Waals surface area contributed by atoms with E-state index in [-0.39, 0.29) is 11.6 Å². The van der Waals surface area contributed by atoms with Crippen LogP contribution >= 0.6 is 0 Å². The van der Waals surface area contributed by atoms with E-state index in [2.05, 4.69) is 0 Å². The van der Waals surface area contributed by atoms with E-state index in [4.69, 9.17) is 18.9 Å². The lowest BCUT2D eigenvalue weighted by atomic mass is 9.96. The Bertz CT molecular complexity index is 1450. The van der Waals surface area contributed by atoms with Crippen LogP contribution in [0.5, 0.6) is 11.5 Å². The van der Waals surface area contributed by atoms with Gasteiger partial charge in [-0.15, -0.1) is 0 Å². The van der Waals surface area contributed by atoms with E-state index >= 15 is 0 Å². The Labute approximate surface area is 231 Å². The number of para-hydroxylation sites is 2. The molecular formula is C32H30N2O6+2. The minimum Gasteiger partial charge on any atom is -0.491 e. The first kappa shape index (κ1) is 25.9. The number of ether oxygens (including phenoxy) is 4. The number of hydrogen-bond acceptors (Lipinski definition) is 6. The number of benzene rings is 4. The number of rotatable bonds is 11.